The van der Waals surface area contributed by atoms with E-state index in [2.05, 4.69) is 84.0 Å². The number of nitrogens with zero attached hydrogens (tertiary/aromatic N) is 2. The second kappa shape index (κ2) is 6.99. The molecule has 3 atom stereocenters. The fourth-order valence-corrected chi connectivity index (χ4v) is 4.58. The van der Waals surface area contributed by atoms with E-state index in [1.54, 1.807) is 0 Å². The van der Waals surface area contributed by atoms with Gasteiger partial charge in [-0.3, -0.25) is 5.01 Å². The van der Waals surface area contributed by atoms with Crippen LogP contribution < -0.4 is 10.3 Å². The first kappa shape index (κ1) is 17.3. The molecule has 1 N–H and O–H groups in total. The van der Waals surface area contributed by atoms with Crippen molar-refractivity contribution in [2.75, 3.05) is 10.3 Å². The molecule has 0 saturated carbocycles. The van der Waals surface area contributed by atoms with Gasteiger partial charge in [0.2, 0.25) is 0 Å². The quantitative estimate of drug-likeness (QED) is 0.575. The summed E-state index contributed by atoms with van der Waals surface area (Å²) in [5.41, 5.74) is 6.15. The molecule has 4 heteroatoms. The highest BCUT2D eigenvalue weighted by atomic mass is 35.5. The molecule has 28 heavy (non-hydrogen) atoms. The van der Waals surface area contributed by atoms with Crippen LogP contribution in [-0.2, 0) is 0 Å². The number of anilines is 2. The molecule has 0 amide bonds. The molecule has 3 nitrogen and oxygen atoms in total. The number of nitrogens with one attached hydrogen (secondary N) is 1. The number of para-hydroxylation sites is 1. The van der Waals surface area contributed by atoms with Crippen LogP contribution in [0.5, 0.6) is 0 Å². The highest BCUT2D eigenvalue weighted by molar-refractivity contribution is 6.30. The van der Waals surface area contributed by atoms with Gasteiger partial charge in [0.05, 0.1) is 17.4 Å². The highest BCUT2D eigenvalue weighted by Crippen LogP contribution is 2.43. The highest BCUT2D eigenvalue weighted by Gasteiger charge is 2.39. The zero-order chi connectivity index (χ0) is 19.1. The zero-order valence-electron chi connectivity index (χ0n) is 15.7. The van der Waals surface area contributed by atoms with Crippen molar-refractivity contribution in [3.63, 3.8) is 0 Å². The van der Waals surface area contributed by atoms with Crippen molar-refractivity contribution in [1.82, 2.24) is 0 Å². The second-order valence-corrected chi connectivity index (χ2v) is 7.98. The van der Waals surface area contributed by atoms with Crippen molar-refractivity contribution in [2.45, 2.75) is 31.3 Å². The number of halogens is 1. The first-order valence-electron chi connectivity index (χ1n) is 9.73. The van der Waals surface area contributed by atoms with Gasteiger partial charge in [0, 0.05) is 29.1 Å². The fourth-order valence-electron chi connectivity index (χ4n) is 4.45. The molecule has 2 aliphatic heterocycles. The van der Waals surface area contributed by atoms with Crippen LogP contribution in [0.25, 0.3) is 0 Å². The van der Waals surface area contributed by atoms with Gasteiger partial charge in [-0.15, -0.1) is 0 Å². The lowest BCUT2D eigenvalue weighted by Crippen LogP contribution is -2.23. The number of fused-ring (bicyclic) bond motifs is 1. The topological polar surface area (TPSA) is 27.6 Å². The summed E-state index contributed by atoms with van der Waals surface area (Å²) in [5, 5.41) is 11.7. The lowest BCUT2D eigenvalue weighted by molar-refractivity contribution is 0.703. The molecular weight excluding hydrogens is 366 g/mol. The molecule has 2 heterocycles. The lowest BCUT2D eigenvalue weighted by atomic mass is 9.87. The van der Waals surface area contributed by atoms with E-state index < -0.39 is 0 Å². The molecule has 0 aromatic heterocycles. The first-order chi connectivity index (χ1) is 13.7. The number of rotatable bonds is 3. The summed E-state index contributed by atoms with van der Waals surface area (Å²) in [7, 11) is 0. The van der Waals surface area contributed by atoms with Gasteiger partial charge in [0.15, 0.2) is 0 Å². The fraction of sp³-hybridized carbons (Fsp3) is 0.208. The van der Waals surface area contributed by atoms with E-state index in [1.165, 1.54) is 22.5 Å². The normalized spacial score (nSPS) is 23.3. The Morgan fingerprint density at radius 3 is 2.43 bits per heavy atom. The molecule has 0 radical (unpaired) electrons. The standard InChI is InChI=1S/C24H22ClN3/c1-16-24(20-9-5-6-10-21(20)26-16)22-15-23(17-7-3-2-4-8-17)28(27-22)19-13-11-18(25)12-14-19/h2-14,16,23-24,26H,15H2,1H3. The van der Waals surface area contributed by atoms with Crippen LogP contribution in [-0.4, -0.2) is 11.8 Å². The minimum atomic E-state index is 0.192. The first-order valence-corrected chi connectivity index (χ1v) is 10.1. The van der Waals surface area contributed by atoms with Gasteiger partial charge in [0.1, 0.15) is 0 Å². The Hall–Kier alpha value is -2.78. The van der Waals surface area contributed by atoms with Gasteiger partial charge in [-0.1, -0.05) is 60.1 Å². The molecule has 0 fully saturated rings. The van der Waals surface area contributed by atoms with E-state index in [-0.39, 0.29) is 6.04 Å². The van der Waals surface area contributed by atoms with Crippen molar-refractivity contribution < 1.29 is 0 Å². The second-order valence-electron chi connectivity index (χ2n) is 7.54. The lowest BCUT2D eigenvalue weighted by Gasteiger charge is -2.24. The van der Waals surface area contributed by atoms with Crippen LogP contribution in [0, 0.1) is 0 Å². The molecule has 0 saturated heterocycles. The SMILES string of the molecule is CC1Nc2ccccc2C1C1=NN(c2ccc(Cl)cc2)C(c2ccccc2)C1. The van der Waals surface area contributed by atoms with Gasteiger partial charge in [-0.05, 0) is 48.4 Å². The Balaban J connectivity index is 1.56. The maximum atomic E-state index is 6.12. The van der Waals surface area contributed by atoms with Crippen molar-refractivity contribution in [3.05, 3.63) is 95.0 Å². The van der Waals surface area contributed by atoms with Crippen LogP contribution in [0.15, 0.2) is 84.0 Å². The molecule has 3 aromatic carbocycles. The summed E-state index contributed by atoms with van der Waals surface area (Å²) in [4.78, 5) is 0. The average molecular weight is 388 g/mol. The van der Waals surface area contributed by atoms with Gasteiger partial charge in [0.25, 0.3) is 0 Å². The molecule has 140 valence electrons. The van der Waals surface area contributed by atoms with Crippen molar-refractivity contribution in [3.8, 4) is 0 Å². The third-order valence-electron chi connectivity index (χ3n) is 5.75. The largest absolute Gasteiger partial charge is 0.381 e. The molecule has 5 rings (SSSR count). The molecule has 3 unspecified atom stereocenters. The van der Waals surface area contributed by atoms with Gasteiger partial charge < -0.3 is 5.32 Å². The number of hydrazone groups is 1. The van der Waals surface area contributed by atoms with Crippen molar-refractivity contribution in [2.24, 2.45) is 5.10 Å². The van der Waals surface area contributed by atoms with Crippen molar-refractivity contribution >= 4 is 28.7 Å². The van der Waals surface area contributed by atoms with E-state index in [9.17, 15) is 0 Å². The Morgan fingerprint density at radius 2 is 1.64 bits per heavy atom. The summed E-state index contributed by atoms with van der Waals surface area (Å²) in [6, 6.07) is 27.7. The van der Waals surface area contributed by atoms with Crippen LogP contribution in [0.3, 0.4) is 0 Å². The summed E-state index contributed by atoms with van der Waals surface area (Å²) in [6.45, 7) is 2.25. The molecule has 0 aliphatic carbocycles. The van der Waals surface area contributed by atoms with Gasteiger partial charge in [-0.2, -0.15) is 5.10 Å². The zero-order valence-corrected chi connectivity index (χ0v) is 16.5. The van der Waals surface area contributed by atoms with Crippen LogP contribution in [0.2, 0.25) is 5.02 Å². The molecule has 0 spiro atoms. The predicted octanol–water partition coefficient (Wildman–Crippen LogP) is 6.25. The summed E-state index contributed by atoms with van der Waals surface area (Å²) < 4.78 is 0. The maximum Gasteiger partial charge on any atom is 0.0828 e. The van der Waals surface area contributed by atoms with Gasteiger partial charge in [-0.25, -0.2) is 0 Å². The number of hydrogen-bond acceptors (Lipinski definition) is 3. The molecule has 0 bridgehead atoms. The van der Waals surface area contributed by atoms with Crippen LogP contribution >= 0.6 is 11.6 Å². The smallest absolute Gasteiger partial charge is 0.0828 e. The summed E-state index contributed by atoms with van der Waals surface area (Å²) >= 11 is 6.12. The minimum Gasteiger partial charge on any atom is -0.381 e. The molecular formula is C24H22ClN3. The molecule has 3 aromatic rings. The monoisotopic (exact) mass is 387 g/mol. The van der Waals surface area contributed by atoms with Gasteiger partial charge >= 0.3 is 0 Å². The third kappa shape index (κ3) is 2.96. The average Bonchev–Trinajstić information content (AvgIpc) is 3.29. The predicted molar refractivity (Wildman–Crippen MR) is 117 cm³/mol. The van der Waals surface area contributed by atoms with E-state index in [0.717, 1.165) is 17.1 Å². The van der Waals surface area contributed by atoms with E-state index in [0.29, 0.717) is 12.0 Å². The summed E-state index contributed by atoms with van der Waals surface area (Å²) in [5.74, 6) is 0.291. The summed E-state index contributed by atoms with van der Waals surface area (Å²) in [6.07, 6.45) is 0.914. The molecule has 2 aliphatic rings. The Bertz CT molecular complexity index is 1010. The van der Waals surface area contributed by atoms with Crippen molar-refractivity contribution in [1.29, 1.82) is 0 Å². The maximum absolute atomic E-state index is 6.12. The van der Waals surface area contributed by atoms with E-state index >= 15 is 0 Å². The minimum absolute atomic E-state index is 0.192. The van der Waals surface area contributed by atoms with E-state index in [4.69, 9.17) is 16.7 Å². The number of hydrogen-bond donors (Lipinski definition) is 1. The Morgan fingerprint density at radius 1 is 0.929 bits per heavy atom. The third-order valence-corrected chi connectivity index (χ3v) is 6.00. The van der Waals surface area contributed by atoms with Crippen LogP contribution in [0.1, 0.15) is 36.4 Å². The Kier molecular flexibility index (Phi) is 4.33. The van der Waals surface area contributed by atoms with Crippen LogP contribution in [0.4, 0.5) is 11.4 Å². The van der Waals surface area contributed by atoms with E-state index in [1.807, 2.05) is 12.1 Å². The number of benzene rings is 3. The Labute approximate surface area is 170 Å².